The van der Waals surface area contributed by atoms with Gasteiger partial charge in [-0.05, 0) is 128 Å². The Morgan fingerprint density at radius 3 is 2.03 bits per heavy atom. The average Bonchev–Trinajstić information content (AvgIpc) is 3.60. The lowest BCUT2D eigenvalue weighted by Gasteiger charge is -2.39. The summed E-state index contributed by atoms with van der Waals surface area (Å²) in [5.74, 6) is 1.79. The maximum atomic E-state index is 6.72. The summed E-state index contributed by atoms with van der Waals surface area (Å²) in [6.07, 6.45) is 7.46. The van der Waals surface area contributed by atoms with Crippen molar-refractivity contribution in [3.8, 4) is 33.8 Å². The number of hydrogen-bond donors (Lipinski definition) is 0. The summed E-state index contributed by atoms with van der Waals surface area (Å²) in [7, 11) is 0. The van der Waals surface area contributed by atoms with Crippen molar-refractivity contribution >= 4 is 28.1 Å². The van der Waals surface area contributed by atoms with E-state index in [1.807, 2.05) is 6.08 Å². The number of allylic oxidation sites excluding steroid dienone is 3. The van der Waals surface area contributed by atoms with E-state index < -0.39 is 5.41 Å². The molecule has 2 heteroatoms. The summed E-state index contributed by atoms with van der Waals surface area (Å²) in [5, 5.41) is 2.59. The number of hydrogen-bond acceptors (Lipinski definition) is 2. The summed E-state index contributed by atoms with van der Waals surface area (Å²) >= 11 is 0. The van der Waals surface area contributed by atoms with Crippen molar-refractivity contribution in [2.24, 2.45) is 4.99 Å². The van der Waals surface area contributed by atoms with Crippen LogP contribution >= 0.6 is 0 Å². The molecule has 1 heterocycles. The molecule has 8 aromatic carbocycles. The number of nitrogens with zero attached hydrogens (tertiary/aromatic N) is 1. The summed E-state index contributed by atoms with van der Waals surface area (Å²) in [6, 6.07) is 63.6. The van der Waals surface area contributed by atoms with Crippen LogP contribution in [0.5, 0.6) is 11.5 Å². The molecule has 0 amide bonds. The first-order valence-electron chi connectivity index (χ1n) is 20.9. The third-order valence-electron chi connectivity index (χ3n) is 13.0. The molecule has 8 aromatic rings. The Labute approximate surface area is 352 Å². The van der Waals surface area contributed by atoms with Crippen LogP contribution in [0.3, 0.4) is 0 Å². The minimum absolute atomic E-state index is 0.241. The smallest absolute Gasteiger partial charge is 0.132 e. The molecule has 1 atom stereocenters. The molecule has 11 rings (SSSR count). The van der Waals surface area contributed by atoms with Crippen molar-refractivity contribution in [3.63, 3.8) is 0 Å². The monoisotopic (exact) mass is 769 g/mol. The van der Waals surface area contributed by atoms with Crippen LogP contribution < -0.4 is 4.74 Å². The maximum Gasteiger partial charge on any atom is 0.132 e. The van der Waals surface area contributed by atoms with Crippen LogP contribution in [0.15, 0.2) is 205 Å². The van der Waals surface area contributed by atoms with E-state index in [1.54, 1.807) is 0 Å². The Bertz CT molecular complexity index is 3080. The molecule has 0 saturated carbocycles. The third-order valence-corrected chi connectivity index (χ3v) is 13.0. The Morgan fingerprint density at radius 1 is 0.617 bits per heavy atom. The van der Waals surface area contributed by atoms with Crippen LogP contribution in [-0.2, 0) is 11.8 Å². The van der Waals surface area contributed by atoms with Gasteiger partial charge in [0.1, 0.15) is 11.5 Å². The Morgan fingerprint density at radius 2 is 1.28 bits per heavy atom. The average molecular weight is 770 g/mol. The predicted octanol–water partition coefficient (Wildman–Crippen LogP) is 14.8. The van der Waals surface area contributed by atoms with Gasteiger partial charge in [0.05, 0.1) is 17.2 Å². The van der Waals surface area contributed by atoms with Crippen LogP contribution in [0, 0.1) is 0 Å². The van der Waals surface area contributed by atoms with Crippen LogP contribution in [-0.4, -0.2) is 5.71 Å². The molecule has 0 bridgehead atoms. The maximum absolute atomic E-state index is 6.72. The summed E-state index contributed by atoms with van der Waals surface area (Å²) in [5.41, 5.74) is 18.5. The topological polar surface area (TPSA) is 21.6 Å². The van der Waals surface area contributed by atoms with E-state index in [0.29, 0.717) is 0 Å². The number of ether oxygens (including phenoxy) is 1. The molecule has 286 valence electrons. The Balaban J connectivity index is 1.04. The van der Waals surface area contributed by atoms with Crippen molar-refractivity contribution in [1.82, 2.24) is 0 Å². The first-order chi connectivity index (χ1) is 29.5. The molecular formula is C58H43NO. The highest BCUT2D eigenvalue weighted by Crippen LogP contribution is 2.62. The first kappa shape index (κ1) is 35.8. The van der Waals surface area contributed by atoms with Crippen LogP contribution in [0.2, 0.25) is 0 Å². The van der Waals surface area contributed by atoms with Gasteiger partial charge in [-0.25, -0.2) is 0 Å². The minimum atomic E-state index is -0.512. The summed E-state index contributed by atoms with van der Waals surface area (Å²) in [6.45, 7) is 8.73. The van der Waals surface area contributed by atoms with Gasteiger partial charge >= 0.3 is 0 Å². The van der Waals surface area contributed by atoms with Crippen LogP contribution in [0.4, 0.5) is 0 Å². The molecule has 60 heavy (non-hydrogen) atoms. The highest BCUT2D eigenvalue weighted by Gasteiger charge is 2.51. The molecule has 1 aliphatic heterocycles. The van der Waals surface area contributed by atoms with E-state index >= 15 is 0 Å². The number of fused-ring (bicyclic) bond motifs is 9. The van der Waals surface area contributed by atoms with E-state index in [9.17, 15) is 0 Å². The second kappa shape index (κ2) is 14.2. The lowest BCUT2D eigenvalue weighted by atomic mass is 9.66. The van der Waals surface area contributed by atoms with Gasteiger partial charge in [-0.2, -0.15) is 0 Å². The lowest BCUT2D eigenvalue weighted by Crippen LogP contribution is -2.32. The zero-order valence-electron chi connectivity index (χ0n) is 33.8. The van der Waals surface area contributed by atoms with Crippen LogP contribution in [0.25, 0.3) is 44.7 Å². The molecular weight excluding hydrogens is 727 g/mol. The van der Waals surface area contributed by atoms with E-state index in [1.165, 1.54) is 60.9 Å². The summed E-state index contributed by atoms with van der Waals surface area (Å²) < 4.78 is 6.72. The molecule has 0 aromatic heterocycles. The molecule has 0 radical (unpaired) electrons. The number of benzene rings is 8. The van der Waals surface area contributed by atoms with Gasteiger partial charge in [-0.15, -0.1) is 6.58 Å². The van der Waals surface area contributed by atoms with Crippen molar-refractivity contribution < 1.29 is 4.74 Å². The van der Waals surface area contributed by atoms with E-state index in [4.69, 9.17) is 9.73 Å². The number of para-hydroxylation sites is 1. The standard InChI is InChI=1S/C58H43NO/c1-4-53(46-34-44-20-14-18-41-19-15-21-45(35-46)56(41)44)59-57(38(3)37(2)39-16-6-5-7-17-39)42-30-28-40(29-31-42)43-32-33-55-52(36-43)58(51-26-12-13-27-54(51)60-55)49-24-10-8-22-47(49)48-23-9-11-25-50(48)58/h4-18,20-36,53H,1,19H2,2-3H3/b38-37+,59-57?. The molecule has 2 nitrogen and oxygen atoms in total. The highest BCUT2D eigenvalue weighted by molar-refractivity contribution is 6.16. The van der Waals surface area contributed by atoms with Crippen molar-refractivity contribution in [2.45, 2.75) is 31.7 Å². The molecule has 3 aliphatic rings. The van der Waals surface area contributed by atoms with E-state index in [-0.39, 0.29) is 6.04 Å². The zero-order valence-corrected chi connectivity index (χ0v) is 33.8. The van der Waals surface area contributed by atoms with Gasteiger partial charge in [0, 0.05) is 16.7 Å². The summed E-state index contributed by atoms with van der Waals surface area (Å²) in [4.78, 5) is 5.58. The second-order valence-electron chi connectivity index (χ2n) is 16.2. The number of aliphatic imine (C=N–C) groups is 1. The van der Waals surface area contributed by atoms with Crippen molar-refractivity contribution in [1.29, 1.82) is 0 Å². The van der Waals surface area contributed by atoms with Crippen molar-refractivity contribution in [2.75, 3.05) is 0 Å². The fraction of sp³-hybridized carbons (Fsp3) is 0.0862. The molecule has 0 fully saturated rings. The SMILES string of the molecule is C=CC(N=C(/C(C)=C(\C)c1ccccc1)c1ccc(-c2ccc3c(c2)C2(c4ccccc4O3)c3ccccc3-c3ccccc32)cc1)c1cc2c3c(cccc3c1)CC=C2. The number of rotatable bonds is 7. The van der Waals surface area contributed by atoms with Gasteiger partial charge in [-0.3, -0.25) is 4.99 Å². The Hall–Kier alpha value is -7.29. The lowest BCUT2D eigenvalue weighted by molar-refractivity contribution is 0.436. The molecule has 1 spiro atoms. The third kappa shape index (κ3) is 5.52. The molecule has 0 saturated heterocycles. The van der Waals surface area contributed by atoms with Gasteiger partial charge in [-0.1, -0.05) is 164 Å². The van der Waals surface area contributed by atoms with Gasteiger partial charge < -0.3 is 4.74 Å². The largest absolute Gasteiger partial charge is 0.457 e. The minimum Gasteiger partial charge on any atom is -0.457 e. The van der Waals surface area contributed by atoms with Gasteiger partial charge in [0.25, 0.3) is 0 Å². The predicted molar refractivity (Wildman–Crippen MR) is 250 cm³/mol. The van der Waals surface area contributed by atoms with Gasteiger partial charge in [0.2, 0.25) is 0 Å². The fourth-order valence-corrected chi connectivity index (χ4v) is 10.1. The second-order valence-corrected chi connectivity index (χ2v) is 16.2. The van der Waals surface area contributed by atoms with Crippen molar-refractivity contribution in [3.05, 3.63) is 250 Å². The van der Waals surface area contributed by atoms with E-state index in [0.717, 1.165) is 57.0 Å². The molecule has 2 aliphatic carbocycles. The first-order valence-corrected chi connectivity index (χ1v) is 20.9. The zero-order chi connectivity index (χ0) is 40.4. The Kier molecular flexibility index (Phi) is 8.49. The fourth-order valence-electron chi connectivity index (χ4n) is 10.1. The molecule has 0 N–H and O–H groups in total. The van der Waals surface area contributed by atoms with Crippen LogP contribution in [0.1, 0.15) is 70.0 Å². The normalized spacial score (nSPS) is 15.0. The highest BCUT2D eigenvalue weighted by atomic mass is 16.5. The van der Waals surface area contributed by atoms with E-state index in [2.05, 4.69) is 209 Å². The molecule has 1 unspecified atom stereocenters. The van der Waals surface area contributed by atoms with Gasteiger partial charge in [0.15, 0.2) is 0 Å². The quantitative estimate of drug-likeness (QED) is 0.117.